The molecule has 0 saturated carbocycles. The molecule has 1 heterocycles. The number of aromatic nitrogens is 2. The molecule has 0 bridgehead atoms. The van der Waals surface area contributed by atoms with E-state index in [0.29, 0.717) is 11.5 Å². The predicted molar refractivity (Wildman–Crippen MR) is 80.1 cm³/mol. The van der Waals surface area contributed by atoms with Gasteiger partial charge in [0.25, 0.3) is 0 Å². The molecule has 2 rings (SSSR count). The van der Waals surface area contributed by atoms with E-state index in [9.17, 15) is 0 Å². The van der Waals surface area contributed by atoms with E-state index in [1.54, 1.807) is 12.4 Å². The Morgan fingerprint density at radius 1 is 1.33 bits per heavy atom. The Morgan fingerprint density at radius 2 is 2.11 bits per heavy atom. The van der Waals surface area contributed by atoms with Crippen molar-refractivity contribution in [2.45, 2.75) is 6.92 Å². The zero-order valence-electron chi connectivity index (χ0n) is 9.64. The van der Waals surface area contributed by atoms with Crippen LogP contribution in [0.4, 0.5) is 11.5 Å². The second-order valence-electron chi connectivity index (χ2n) is 3.69. The third-order valence-corrected chi connectivity index (χ3v) is 3.50. The van der Waals surface area contributed by atoms with E-state index in [0.717, 1.165) is 15.7 Å². The predicted octanol–water partition coefficient (Wildman–Crippen LogP) is 2.93. The molecular formula is C12H11BrN4S. The number of halogens is 1. The van der Waals surface area contributed by atoms with Crippen LogP contribution in [0, 0.1) is 6.92 Å². The number of hydrogen-bond acceptors (Lipinski definition) is 4. The van der Waals surface area contributed by atoms with E-state index in [-0.39, 0.29) is 4.99 Å². The largest absolute Gasteiger partial charge is 0.388 e. The van der Waals surface area contributed by atoms with E-state index in [4.69, 9.17) is 18.0 Å². The molecule has 0 aliphatic carbocycles. The second kappa shape index (κ2) is 5.41. The summed E-state index contributed by atoms with van der Waals surface area (Å²) >= 11 is 8.30. The molecule has 18 heavy (non-hydrogen) atoms. The minimum absolute atomic E-state index is 0.243. The molecule has 0 amide bonds. The number of nitrogens with two attached hydrogens (primary N) is 1. The molecule has 0 spiro atoms. The first-order valence-corrected chi connectivity index (χ1v) is 6.42. The molecule has 1 aromatic carbocycles. The first-order chi connectivity index (χ1) is 8.58. The van der Waals surface area contributed by atoms with Gasteiger partial charge in [-0.25, -0.2) is 9.97 Å². The minimum atomic E-state index is 0.243. The topological polar surface area (TPSA) is 63.8 Å². The van der Waals surface area contributed by atoms with Crippen LogP contribution in [0.1, 0.15) is 11.3 Å². The van der Waals surface area contributed by atoms with Gasteiger partial charge in [0.05, 0.1) is 12.4 Å². The van der Waals surface area contributed by atoms with Crippen molar-refractivity contribution in [3.63, 3.8) is 0 Å². The third-order valence-electron chi connectivity index (χ3n) is 2.43. The van der Waals surface area contributed by atoms with Crippen molar-refractivity contribution in [1.29, 1.82) is 0 Å². The van der Waals surface area contributed by atoms with Crippen LogP contribution >= 0.6 is 28.1 Å². The molecule has 6 heteroatoms. The lowest BCUT2D eigenvalue weighted by Crippen LogP contribution is -2.12. The highest BCUT2D eigenvalue weighted by molar-refractivity contribution is 9.10. The summed E-state index contributed by atoms with van der Waals surface area (Å²) in [6, 6.07) is 5.92. The lowest BCUT2D eigenvalue weighted by Gasteiger charge is -2.09. The van der Waals surface area contributed by atoms with Crippen LogP contribution in [0.25, 0.3) is 0 Å². The maximum Gasteiger partial charge on any atom is 0.148 e. The van der Waals surface area contributed by atoms with Gasteiger partial charge in [0, 0.05) is 10.2 Å². The molecule has 1 aromatic heterocycles. The van der Waals surface area contributed by atoms with Gasteiger partial charge in [-0.2, -0.15) is 0 Å². The first kappa shape index (κ1) is 12.9. The van der Waals surface area contributed by atoms with Crippen molar-refractivity contribution in [1.82, 2.24) is 9.97 Å². The summed E-state index contributed by atoms with van der Waals surface area (Å²) in [5, 5.41) is 3.19. The number of benzene rings is 1. The van der Waals surface area contributed by atoms with Crippen molar-refractivity contribution in [3.05, 3.63) is 46.3 Å². The average Bonchev–Trinajstić information content (AvgIpc) is 2.36. The highest BCUT2D eigenvalue weighted by Crippen LogP contribution is 2.25. The molecule has 4 nitrogen and oxygen atoms in total. The average molecular weight is 323 g/mol. The van der Waals surface area contributed by atoms with Gasteiger partial charge in [0.2, 0.25) is 0 Å². The Labute approximate surface area is 119 Å². The quantitative estimate of drug-likeness (QED) is 0.851. The molecule has 3 N–H and O–H groups in total. The van der Waals surface area contributed by atoms with E-state index in [1.807, 2.05) is 25.1 Å². The van der Waals surface area contributed by atoms with Gasteiger partial charge in [-0.15, -0.1) is 0 Å². The van der Waals surface area contributed by atoms with Crippen molar-refractivity contribution in [3.8, 4) is 0 Å². The van der Waals surface area contributed by atoms with Crippen molar-refractivity contribution in [2.24, 2.45) is 5.73 Å². The molecule has 0 aliphatic heterocycles. The molecular weight excluding hydrogens is 312 g/mol. The van der Waals surface area contributed by atoms with Crippen molar-refractivity contribution >= 4 is 44.6 Å². The number of anilines is 2. The lowest BCUT2D eigenvalue weighted by atomic mass is 10.2. The van der Waals surface area contributed by atoms with Gasteiger partial charge in [0.1, 0.15) is 16.5 Å². The summed E-state index contributed by atoms with van der Waals surface area (Å²) in [6.45, 7) is 2.02. The van der Waals surface area contributed by atoms with Crippen LogP contribution < -0.4 is 11.1 Å². The van der Waals surface area contributed by atoms with Crippen LogP contribution in [-0.4, -0.2) is 15.0 Å². The molecule has 2 aromatic rings. The number of nitrogens with zero attached hydrogens (tertiary/aromatic N) is 2. The van der Waals surface area contributed by atoms with Crippen LogP contribution in [-0.2, 0) is 0 Å². The lowest BCUT2D eigenvalue weighted by molar-refractivity contribution is 1.17. The Kier molecular flexibility index (Phi) is 3.88. The first-order valence-electron chi connectivity index (χ1n) is 5.22. The fourth-order valence-corrected chi connectivity index (χ4v) is 1.87. The van der Waals surface area contributed by atoms with E-state index in [1.165, 1.54) is 0 Å². The summed E-state index contributed by atoms with van der Waals surface area (Å²) in [6.07, 6.45) is 3.16. The normalized spacial score (nSPS) is 10.1. The monoisotopic (exact) mass is 322 g/mol. The minimum Gasteiger partial charge on any atom is -0.388 e. The van der Waals surface area contributed by atoms with Crippen molar-refractivity contribution < 1.29 is 0 Å². The Morgan fingerprint density at radius 3 is 2.72 bits per heavy atom. The summed E-state index contributed by atoms with van der Waals surface area (Å²) in [4.78, 5) is 8.58. The zero-order chi connectivity index (χ0) is 13.1. The van der Waals surface area contributed by atoms with Gasteiger partial charge >= 0.3 is 0 Å². The van der Waals surface area contributed by atoms with E-state index >= 15 is 0 Å². The second-order valence-corrected chi connectivity index (χ2v) is 4.98. The van der Waals surface area contributed by atoms with Gasteiger partial charge in [-0.3, -0.25) is 0 Å². The number of nitrogens with one attached hydrogen (secondary N) is 1. The molecule has 0 fully saturated rings. The Bertz CT molecular complexity index is 583. The molecule has 0 aliphatic rings. The number of rotatable bonds is 3. The van der Waals surface area contributed by atoms with Gasteiger partial charge in [-0.1, -0.05) is 34.2 Å². The van der Waals surface area contributed by atoms with E-state index < -0.39 is 0 Å². The summed E-state index contributed by atoms with van der Waals surface area (Å²) in [5.41, 5.74) is 8.06. The fourth-order valence-electron chi connectivity index (χ4n) is 1.40. The maximum atomic E-state index is 5.46. The van der Waals surface area contributed by atoms with Crippen LogP contribution in [0.2, 0.25) is 0 Å². The smallest absolute Gasteiger partial charge is 0.148 e. The highest BCUT2D eigenvalue weighted by atomic mass is 79.9. The standard InChI is InChI=1S/C12H11BrN4S/c1-7-8(13)3-2-4-9(7)17-11-6-15-10(5-16-11)12(14)18/h2-6H,1H3,(H2,14,18)(H,16,17). The highest BCUT2D eigenvalue weighted by Gasteiger charge is 2.04. The molecule has 0 unspecified atom stereocenters. The Balaban J connectivity index is 2.24. The zero-order valence-corrected chi connectivity index (χ0v) is 12.0. The summed E-state index contributed by atoms with van der Waals surface area (Å²) in [5.74, 6) is 0.649. The third kappa shape index (κ3) is 2.83. The van der Waals surface area contributed by atoms with Gasteiger partial charge < -0.3 is 11.1 Å². The molecule has 0 atom stereocenters. The summed E-state index contributed by atoms with van der Waals surface area (Å²) < 4.78 is 1.04. The number of hydrogen-bond donors (Lipinski definition) is 2. The molecule has 0 radical (unpaired) electrons. The van der Waals surface area contributed by atoms with Crippen LogP contribution in [0.3, 0.4) is 0 Å². The summed E-state index contributed by atoms with van der Waals surface area (Å²) in [7, 11) is 0. The fraction of sp³-hybridized carbons (Fsp3) is 0.0833. The van der Waals surface area contributed by atoms with Crippen LogP contribution in [0.5, 0.6) is 0 Å². The molecule has 92 valence electrons. The van der Waals surface area contributed by atoms with Gasteiger partial charge in [-0.05, 0) is 24.6 Å². The Hall–Kier alpha value is -1.53. The maximum absolute atomic E-state index is 5.46. The van der Waals surface area contributed by atoms with E-state index in [2.05, 4.69) is 31.2 Å². The van der Waals surface area contributed by atoms with Crippen molar-refractivity contribution in [2.75, 3.05) is 5.32 Å². The van der Waals surface area contributed by atoms with Gasteiger partial charge in [0.15, 0.2) is 0 Å². The van der Waals surface area contributed by atoms with Crippen LogP contribution in [0.15, 0.2) is 35.1 Å². The number of thiocarbonyl (C=S) groups is 1. The SMILES string of the molecule is Cc1c(Br)cccc1Nc1cnc(C(N)=S)cn1. The molecule has 0 saturated heterocycles.